The lowest BCUT2D eigenvalue weighted by atomic mass is 9.81. The maximum atomic E-state index is 13.4. The molecule has 1 atom stereocenters. The summed E-state index contributed by atoms with van der Waals surface area (Å²) in [5, 5.41) is 11.6. The van der Waals surface area contributed by atoms with Crippen molar-refractivity contribution in [3.05, 3.63) is 94.0 Å². The summed E-state index contributed by atoms with van der Waals surface area (Å²) in [6.45, 7) is 0. The van der Waals surface area contributed by atoms with Gasteiger partial charge >= 0.3 is 6.18 Å². The van der Waals surface area contributed by atoms with Crippen LogP contribution >= 0.6 is 11.6 Å². The Kier molecular flexibility index (Phi) is 7.63. The first-order valence-electron chi connectivity index (χ1n) is 12.0. The zero-order chi connectivity index (χ0) is 26.8. The highest BCUT2D eigenvalue weighted by molar-refractivity contribution is 6.34. The van der Waals surface area contributed by atoms with Crippen LogP contribution in [0.3, 0.4) is 0 Å². The monoisotopic (exact) mass is 525 g/mol. The zero-order valence-corrected chi connectivity index (χ0v) is 21.3. The molecule has 3 aromatic carbocycles. The standard InChI is InChI=1S/C29H27ClF3N3O/c1-36(2)28(15-3-4-16-28)26(35-27(37)23-9-6-10-24(25(23)30)29(31,32)33)21-13-11-20(12-14-21)22-8-5-7-19(17-22)18-34/h5-14,17,26H,3-4,15-16H2,1-2H3,(H,35,37)/t26-/m0/s1. The van der Waals surface area contributed by atoms with Gasteiger partial charge in [0.2, 0.25) is 0 Å². The number of alkyl halides is 3. The molecule has 37 heavy (non-hydrogen) atoms. The van der Waals surface area contributed by atoms with Gasteiger partial charge in [-0.3, -0.25) is 4.79 Å². The molecule has 0 bridgehead atoms. The van der Waals surface area contributed by atoms with Crippen LogP contribution in [0.5, 0.6) is 0 Å². The van der Waals surface area contributed by atoms with Gasteiger partial charge in [-0.1, -0.05) is 66.9 Å². The first kappa shape index (κ1) is 26.7. The minimum absolute atomic E-state index is 0.210. The molecule has 1 N–H and O–H groups in total. The largest absolute Gasteiger partial charge is 0.417 e. The molecule has 8 heteroatoms. The topological polar surface area (TPSA) is 56.1 Å². The quantitative estimate of drug-likeness (QED) is 0.369. The molecule has 1 aliphatic rings. The van der Waals surface area contributed by atoms with Crippen molar-refractivity contribution < 1.29 is 18.0 Å². The number of hydrogen-bond donors (Lipinski definition) is 1. The van der Waals surface area contributed by atoms with E-state index < -0.39 is 34.3 Å². The molecule has 4 nitrogen and oxygen atoms in total. The highest BCUT2D eigenvalue weighted by Gasteiger charge is 2.45. The summed E-state index contributed by atoms with van der Waals surface area (Å²) in [7, 11) is 3.92. The third-order valence-corrected chi connectivity index (χ3v) is 7.70. The molecule has 0 saturated heterocycles. The van der Waals surface area contributed by atoms with E-state index in [2.05, 4.69) is 16.3 Å². The van der Waals surface area contributed by atoms with E-state index in [0.717, 1.165) is 48.4 Å². The Morgan fingerprint density at radius 1 is 1.03 bits per heavy atom. The van der Waals surface area contributed by atoms with Crippen LogP contribution in [-0.2, 0) is 6.18 Å². The first-order chi connectivity index (χ1) is 17.6. The third kappa shape index (κ3) is 5.36. The van der Waals surface area contributed by atoms with Crippen LogP contribution in [0.4, 0.5) is 13.2 Å². The Bertz CT molecular complexity index is 1320. The molecule has 0 heterocycles. The number of amides is 1. The van der Waals surface area contributed by atoms with Gasteiger partial charge in [0.15, 0.2) is 0 Å². The van der Waals surface area contributed by atoms with Crippen molar-refractivity contribution in [3.8, 4) is 17.2 Å². The van der Waals surface area contributed by atoms with Gasteiger partial charge in [-0.25, -0.2) is 0 Å². The first-order valence-corrected chi connectivity index (χ1v) is 12.4. The number of carbonyl (C=O) groups is 1. The average Bonchev–Trinajstić information content (AvgIpc) is 3.38. The zero-order valence-electron chi connectivity index (χ0n) is 20.6. The van der Waals surface area contributed by atoms with Gasteiger partial charge in [0.25, 0.3) is 5.91 Å². The number of carbonyl (C=O) groups excluding carboxylic acids is 1. The fraction of sp³-hybridized carbons (Fsp3) is 0.310. The van der Waals surface area contributed by atoms with Crippen LogP contribution in [0.2, 0.25) is 5.02 Å². The van der Waals surface area contributed by atoms with Crippen molar-refractivity contribution >= 4 is 17.5 Å². The number of benzene rings is 3. The highest BCUT2D eigenvalue weighted by Crippen LogP contribution is 2.44. The molecule has 0 aromatic heterocycles. The van der Waals surface area contributed by atoms with Gasteiger partial charge in [0.05, 0.1) is 33.8 Å². The van der Waals surface area contributed by atoms with Crippen molar-refractivity contribution in [1.82, 2.24) is 10.2 Å². The van der Waals surface area contributed by atoms with Crippen LogP contribution in [-0.4, -0.2) is 30.4 Å². The van der Waals surface area contributed by atoms with E-state index >= 15 is 0 Å². The molecule has 0 radical (unpaired) electrons. The molecule has 0 spiro atoms. The Morgan fingerprint density at radius 2 is 1.68 bits per heavy atom. The van der Waals surface area contributed by atoms with Crippen LogP contribution < -0.4 is 5.32 Å². The summed E-state index contributed by atoms with van der Waals surface area (Å²) in [5.41, 5.74) is 1.55. The van der Waals surface area contributed by atoms with E-state index in [4.69, 9.17) is 11.6 Å². The number of halogens is 4. The van der Waals surface area contributed by atoms with Gasteiger partial charge in [0, 0.05) is 5.54 Å². The summed E-state index contributed by atoms with van der Waals surface area (Å²) < 4.78 is 40.3. The highest BCUT2D eigenvalue weighted by atomic mass is 35.5. The van der Waals surface area contributed by atoms with E-state index in [9.17, 15) is 23.2 Å². The number of hydrogen-bond acceptors (Lipinski definition) is 3. The Balaban J connectivity index is 1.73. The Morgan fingerprint density at radius 3 is 2.27 bits per heavy atom. The van der Waals surface area contributed by atoms with Gasteiger partial charge in [-0.2, -0.15) is 18.4 Å². The second kappa shape index (κ2) is 10.6. The number of nitriles is 1. The smallest absolute Gasteiger partial charge is 0.343 e. The minimum atomic E-state index is -4.66. The van der Waals surface area contributed by atoms with Crippen molar-refractivity contribution in [2.24, 2.45) is 0 Å². The van der Waals surface area contributed by atoms with Crippen molar-refractivity contribution in [1.29, 1.82) is 5.26 Å². The fourth-order valence-corrected chi connectivity index (χ4v) is 5.60. The van der Waals surface area contributed by atoms with Crippen LogP contribution in [0.1, 0.15) is 58.8 Å². The predicted molar refractivity (Wildman–Crippen MR) is 138 cm³/mol. The normalized spacial score (nSPS) is 15.8. The average molecular weight is 526 g/mol. The van der Waals surface area contributed by atoms with Gasteiger partial charge in [-0.05, 0) is 67.9 Å². The molecular weight excluding hydrogens is 499 g/mol. The number of likely N-dealkylation sites (N-methyl/N-ethyl adjacent to an activating group) is 1. The molecule has 1 fully saturated rings. The third-order valence-electron chi connectivity index (χ3n) is 7.29. The maximum absolute atomic E-state index is 13.4. The minimum Gasteiger partial charge on any atom is -0.343 e. The number of rotatable bonds is 6. The lowest BCUT2D eigenvalue weighted by Gasteiger charge is -2.44. The molecule has 0 unspecified atom stereocenters. The molecule has 1 amide bonds. The van der Waals surface area contributed by atoms with E-state index in [1.807, 2.05) is 56.6 Å². The van der Waals surface area contributed by atoms with E-state index in [1.54, 1.807) is 6.07 Å². The summed E-state index contributed by atoms with van der Waals surface area (Å²) >= 11 is 6.07. The van der Waals surface area contributed by atoms with E-state index in [1.165, 1.54) is 12.1 Å². The summed E-state index contributed by atoms with van der Waals surface area (Å²) in [4.78, 5) is 15.5. The number of nitrogens with one attached hydrogen (secondary N) is 1. The van der Waals surface area contributed by atoms with Crippen LogP contribution in [0.15, 0.2) is 66.7 Å². The summed E-state index contributed by atoms with van der Waals surface area (Å²) in [6.07, 6.45) is -1.05. The summed E-state index contributed by atoms with van der Waals surface area (Å²) in [6, 6.07) is 20.0. The Labute approximate surface area is 219 Å². The molecular formula is C29H27ClF3N3O. The van der Waals surface area contributed by atoms with Crippen molar-refractivity contribution in [2.45, 2.75) is 43.4 Å². The lowest BCUT2D eigenvalue weighted by Crippen LogP contribution is -2.53. The van der Waals surface area contributed by atoms with Gasteiger partial charge < -0.3 is 10.2 Å². The predicted octanol–water partition coefficient (Wildman–Crippen LogP) is 7.24. The lowest BCUT2D eigenvalue weighted by molar-refractivity contribution is -0.137. The van der Waals surface area contributed by atoms with Crippen LogP contribution in [0.25, 0.3) is 11.1 Å². The fourth-order valence-electron chi connectivity index (χ4n) is 5.28. The SMILES string of the molecule is CN(C)C1([C@@H](NC(=O)c2cccc(C(F)(F)F)c2Cl)c2ccc(-c3cccc(C#N)c3)cc2)CCCC1. The van der Waals surface area contributed by atoms with Crippen molar-refractivity contribution in [2.75, 3.05) is 14.1 Å². The maximum Gasteiger partial charge on any atom is 0.417 e. The molecule has 4 rings (SSSR count). The molecule has 1 saturated carbocycles. The molecule has 0 aliphatic heterocycles. The second-order valence-electron chi connectivity index (χ2n) is 9.59. The second-order valence-corrected chi connectivity index (χ2v) is 9.97. The Hall–Kier alpha value is -3.34. The number of nitrogens with zero attached hydrogens (tertiary/aromatic N) is 2. The van der Waals surface area contributed by atoms with E-state index in [0.29, 0.717) is 5.56 Å². The summed E-state index contributed by atoms with van der Waals surface area (Å²) in [5.74, 6) is -0.653. The van der Waals surface area contributed by atoms with Crippen molar-refractivity contribution in [3.63, 3.8) is 0 Å². The van der Waals surface area contributed by atoms with E-state index in [-0.39, 0.29) is 5.56 Å². The molecule has 192 valence electrons. The van der Waals surface area contributed by atoms with Gasteiger partial charge in [0.1, 0.15) is 0 Å². The van der Waals surface area contributed by atoms with Gasteiger partial charge in [-0.15, -0.1) is 0 Å². The van der Waals surface area contributed by atoms with Crippen LogP contribution in [0, 0.1) is 11.3 Å². The molecule has 3 aromatic rings. The molecule has 1 aliphatic carbocycles.